The van der Waals surface area contributed by atoms with E-state index in [0.717, 1.165) is 45.1 Å². The molecule has 1 aliphatic rings. The Balaban J connectivity index is 0. The molecule has 0 bridgehead atoms. The van der Waals surface area contributed by atoms with Crippen LogP contribution in [0.3, 0.4) is 0 Å². The molecule has 0 aromatic rings. The van der Waals surface area contributed by atoms with Gasteiger partial charge in [0.1, 0.15) is 11.6 Å². The molecule has 1 heterocycles. The van der Waals surface area contributed by atoms with Crippen LogP contribution in [0.4, 0.5) is 0 Å². The number of carbonyl (C=O) groups excluding carboxylic acids is 3. The smallest absolute Gasteiger partial charge is 0.222 e. The van der Waals surface area contributed by atoms with Gasteiger partial charge in [-0.2, -0.15) is 0 Å². The van der Waals surface area contributed by atoms with E-state index < -0.39 is 0 Å². The number of hydrogen-bond donors (Lipinski definition) is 0. The van der Waals surface area contributed by atoms with Crippen molar-refractivity contribution < 1.29 is 14.4 Å². The van der Waals surface area contributed by atoms with Gasteiger partial charge < -0.3 is 14.5 Å². The molecule has 0 atom stereocenters. The molecule has 0 aromatic heterocycles. The van der Waals surface area contributed by atoms with Crippen molar-refractivity contribution in [2.24, 2.45) is 0 Å². The minimum absolute atomic E-state index is 0.292. The maximum Gasteiger partial charge on any atom is 0.222 e. The Hall–Kier alpha value is -1.19. The Labute approximate surface area is 143 Å². The maximum absolute atomic E-state index is 10.5. The van der Waals surface area contributed by atoms with E-state index in [1.165, 1.54) is 25.7 Å². The summed E-state index contributed by atoms with van der Waals surface area (Å²) in [6, 6.07) is 0. The summed E-state index contributed by atoms with van der Waals surface area (Å²) in [7, 11) is 1.84. The number of Topliss-reactive ketones (excluding diaryl/α,β-unsaturated/α-hetero) is 2. The fourth-order valence-electron chi connectivity index (χ4n) is 2.03. The summed E-state index contributed by atoms with van der Waals surface area (Å²) in [4.78, 5) is 32.9. The molecule has 1 aliphatic heterocycles. The predicted octanol–water partition coefficient (Wildman–Crippen LogP) is 4.55. The zero-order chi connectivity index (χ0) is 18.1. The van der Waals surface area contributed by atoms with Crippen LogP contribution in [0.25, 0.3) is 0 Å². The van der Waals surface area contributed by atoms with Gasteiger partial charge in [0.15, 0.2) is 0 Å². The Kier molecular flexibility index (Phi) is 18.0. The lowest BCUT2D eigenvalue weighted by molar-refractivity contribution is -0.126. The third-order valence-corrected chi connectivity index (χ3v) is 3.57. The number of unbranched alkanes of at least 4 members (excludes halogenated alkanes) is 4. The molecule has 136 valence electrons. The first-order chi connectivity index (χ1) is 10.8. The van der Waals surface area contributed by atoms with Gasteiger partial charge in [0, 0.05) is 32.9 Å². The highest BCUT2D eigenvalue weighted by Gasteiger charge is 2.14. The van der Waals surface area contributed by atoms with Crippen molar-refractivity contribution in [1.29, 1.82) is 0 Å². The largest absolute Gasteiger partial charge is 0.346 e. The Morgan fingerprint density at radius 3 is 1.52 bits per heavy atom. The van der Waals surface area contributed by atoms with Gasteiger partial charge in [-0.3, -0.25) is 4.79 Å². The lowest BCUT2D eigenvalue weighted by Crippen LogP contribution is -2.17. The average molecular weight is 328 g/mol. The standard InChI is InChI=1S/2C7H14O.C5H9NO/c2*1-3-4-5-6-7(2)8;1-6-4-2-3-5(6)7/h2*3-6H2,1-2H3;2-4H2,1H3. The van der Waals surface area contributed by atoms with Crippen LogP contribution in [0.15, 0.2) is 0 Å². The van der Waals surface area contributed by atoms with Crippen LogP contribution in [0.2, 0.25) is 0 Å². The highest BCUT2D eigenvalue weighted by atomic mass is 16.2. The van der Waals surface area contributed by atoms with Crippen molar-refractivity contribution >= 4 is 17.5 Å². The van der Waals surface area contributed by atoms with Crippen LogP contribution in [-0.4, -0.2) is 36.0 Å². The normalized spacial score (nSPS) is 12.9. The second-order valence-corrected chi connectivity index (χ2v) is 6.24. The number of rotatable bonds is 8. The van der Waals surface area contributed by atoms with Gasteiger partial charge >= 0.3 is 0 Å². The number of carbonyl (C=O) groups is 3. The molecule has 0 aliphatic carbocycles. The van der Waals surface area contributed by atoms with Crippen LogP contribution >= 0.6 is 0 Å². The zero-order valence-electron chi connectivity index (χ0n) is 16.0. The molecule has 0 radical (unpaired) electrons. The highest BCUT2D eigenvalue weighted by molar-refractivity contribution is 5.77. The topological polar surface area (TPSA) is 54.5 Å². The molecule has 23 heavy (non-hydrogen) atoms. The average Bonchev–Trinajstić information content (AvgIpc) is 2.84. The zero-order valence-corrected chi connectivity index (χ0v) is 16.0. The summed E-state index contributed by atoms with van der Waals surface area (Å²) in [6.07, 6.45) is 10.3. The maximum atomic E-state index is 10.5. The molecule has 0 spiro atoms. The van der Waals surface area contributed by atoms with Crippen LogP contribution in [0, 0.1) is 0 Å². The molecule has 1 fully saturated rings. The molecule has 4 nitrogen and oxygen atoms in total. The van der Waals surface area contributed by atoms with E-state index in [9.17, 15) is 14.4 Å². The Bertz CT molecular complexity index is 307. The van der Waals surface area contributed by atoms with E-state index in [1.54, 1.807) is 18.7 Å². The van der Waals surface area contributed by atoms with Gasteiger partial charge in [-0.15, -0.1) is 0 Å². The molecule has 0 saturated carbocycles. The number of amides is 1. The molecule has 0 aromatic carbocycles. The quantitative estimate of drug-likeness (QED) is 0.615. The summed E-state index contributed by atoms with van der Waals surface area (Å²) < 4.78 is 0. The van der Waals surface area contributed by atoms with Crippen molar-refractivity contribution in [3.05, 3.63) is 0 Å². The van der Waals surface area contributed by atoms with Crippen molar-refractivity contribution in [2.45, 2.75) is 91.9 Å². The highest BCUT2D eigenvalue weighted by Crippen LogP contribution is 2.04. The summed E-state index contributed by atoms with van der Waals surface area (Å²) in [5.74, 6) is 0.928. The lowest BCUT2D eigenvalue weighted by Gasteiger charge is -2.03. The summed E-state index contributed by atoms with van der Waals surface area (Å²) in [5, 5.41) is 0. The van der Waals surface area contributed by atoms with Crippen LogP contribution in [-0.2, 0) is 14.4 Å². The second kappa shape index (κ2) is 17.2. The summed E-state index contributed by atoms with van der Waals surface area (Å²) in [5.41, 5.74) is 0. The first kappa shape index (κ1) is 24.1. The van der Waals surface area contributed by atoms with Gasteiger partial charge in [-0.05, 0) is 33.1 Å². The minimum Gasteiger partial charge on any atom is -0.346 e. The minimum atomic E-state index is 0.292. The summed E-state index contributed by atoms with van der Waals surface area (Å²) in [6.45, 7) is 8.53. The van der Waals surface area contributed by atoms with Gasteiger partial charge in [0.05, 0.1) is 0 Å². The van der Waals surface area contributed by atoms with Crippen LogP contribution in [0.1, 0.15) is 91.9 Å². The molecule has 0 N–H and O–H groups in total. The first-order valence-corrected chi connectivity index (χ1v) is 9.07. The number of hydrogen-bond acceptors (Lipinski definition) is 3. The fourth-order valence-corrected chi connectivity index (χ4v) is 2.03. The summed E-state index contributed by atoms with van der Waals surface area (Å²) >= 11 is 0. The van der Waals surface area contributed by atoms with Crippen molar-refractivity contribution in [2.75, 3.05) is 13.6 Å². The van der Waals surface area contributed by atoms with E-state index in [1.807, 2.05) is 7.05 Å². The Morgan fingerprint density at radius 1 is 0.913 bits per heavy atom. The third-order valence-electron chi connectivity index (χ3n) is 3.57. The van der Waals surface area contributed by atoms with Gasteiger partial charge in [0.2, 0.25) is 5.91 Å². The van der Waals surface area contributed by atoms with Gasteiger partial charge in [-0.1, -0.05) is 39.5 Å². The van der Waals surface area contributed by atoms with Crippen LogP contribution in [0.5, 0.6) is 0 Å². The Morgan fingerprint density at radius 2 is 1.35 bits per heavy atom. The van der Waals surface area contributed by atoms with E-state index in [4.69, 9.17) is 0 Å². The molecule has 4 heteroatoms. The third kappa shape index (κ3) is 20.8. The molecular formula is C19H37NO3. The number of ketones is 2. The fraction of sp³-hybridized carbons (Fsp3) is 0.842. The van der Waals surface area contributed by atoms with Crippen LogP contribution < -0.4 is 0 Å². The van der Waals surface area contributed by atoms with Gasteiger partial charge in [-0.25, -0.2) is 0 Å². The monoisotopic (exact) mass is 327 g/mol. The number of likely N-dealkylation sites (tertiary alicyclic amines) is 1. The predicted molar refractivity (Wildman–Crippen MR) is 96.5 cm³/mol. The molecule has 1 amide bonds. The number of nitrogens with zero attached hydrogens (tertiary/aromatic N) is 1. The first-order valence-electron chi connectivity index (χ1n) is 9.07. The van der Waals surface area contributed by atoms with E-state index in [-0.39, 0.29) is 0 Å². The van der Waals surface area contributed by atoms with Crippen molar-refractivity contribution in [1.82, 2.24) is 4.90 Å². The second-order valence-electron chi connectivity index (χ2n) is 6.24. The van der Waals surface area contributed by atoms with E-state index >= 15 is 0 Å². The molecular weight excluding hydrogens is 290 g/mol. The molecule has 0 unspecified atom stereocenters. The molecule has 1 rings (SSSR count). The van der Waals surface area contributed by atoms with Gasteiger partial charge in [0.25, 0.3) is 0 Å². The van der Waals surface area contributed by atoms with E-state index in [2.05, 4.69) is 13.8 Å². The SMILES string of the molecule is CCCCCC(C)=O.CCCCCC(C)=O.CN1CCCC1=O. The lowest BCUT2D eigenvalue weighted by atomic mass is 10.2. The molecule has 1 saturated heterocycles. The van der Waals surface area contributed by atoms with Crippen molar-refractivity contribution in [3.8, 4) is 0 Å². The van der Waals surface area contributed by atoms with Crippen molar-refractivity contribution in [3.63, 3.8) is 0 Å². The van der Waals surface area contributed by atoms with E-state index in [0.29, 0.717) is 17.5 Å².